The van der Waals surface area contributed by atoms with E-state index in [0.29, 0.717) is 13.2 Å². The van der Waals surface area contributed by atoms with Gasteiger partial charge < -0.3 is 25.6 Å². The summed E-state index contributed by atoms with van der Waals surface area (Å²) < 4.78 is 5.41. The van der Waals surface area contributed by atoms with Crippen molar-refractivity contribution in [2.75, 3.05) is 26.3 Å². The summed E-state index contributed by atoms with van der Waals surface area (Å²) in [6.07, 6.45) is 1.84. The van der Waals surface area contributed by atoms with Crippen molar-refractivity contribution in [1.82, 2.24) is 10.6 Å². The van der Waals surface area contributed by atoms with Crippen molar-refractivity contribution >= 4 is 12.0 Å². The molecule has 0 saturated heterocycles. The van der Waals surface area contributed by atoms with Crippen LogP contribution >= 0.6 is 0 Å². The number of carboxylic acids is 1. The molecule has 4 N–H and O–H groups in total. The maximum absolute atomic E-state index is 11.3. The van der Waals surface area contributed by atoms with Crippen molar-refractivity contribution in [3.8, 4) is 0 Å². The van der Waals surface area contributed by atoms with Crippen molar-refractivity contribution in [3.05, 3.63) is 0 Å². The van der Waals surface area contributed by atoms with Gasteiger partial charge in [0.05, 0.1) is 0 Å². The summed E-state index contributed by atoms with van der Waals surface area (Å²) in [4.78, 5) is 21.6. The van der Waals surface area contributed by atoms with Crippen LogP contribution in [0.1, 0.15) is 25.7 Å². The van der Waals surface area contributed by atoms with Gasteiger partial charge in [-0.3, -0.25) is 0 Å². The molecule has 0 aromatic rings. The predicted octanol–water partition coefficient (Wildman–Crippen LogP) is -0.0621. The average molecular weight is 274 g/mol. The highest BCUT2D eigenvalue weighted by Gasteiger charge is 2.20. The maximum Gasteiger partial charge on any atom is 0.332 e. The Labute approximate surface area is 112 Å². The van der Waals surface area contributed by atoms with Gasteiger partial charge in [-0.1, -0.05) is 0 Å². The summed E-state index contributed by atoms with van der Waals surface area (Å²) >= 11 is 0. The molecule has 7 heteroatoms. The normalized spacial score (nSPS) is 15.8. The van der Waals surface area contributed by atoms with Crippen molar-refractivity contribution < 1.29 is 24.5 Å². The largest absolute Gasteiger partial charge is 0.479 e. The van der Waals surface area contributed by atoms with Crippen LogP contribution in [0.4, 0.5) is 4.79 Å². The van der Waals surface area contributed by atoms with E-state index >= 15 is 0 Å². The van der Waals surface area contributed by atoms with Crippen molar-refractivity contribution in [3.63, 3.8) is 0 Å². The number of aliphatic carboxylic acids is 1. The maximum atomic E-state index is 11.3. The number of urea groups is 1. The quantitative estimate of drug-likeness (QED) is 0.417. The molecular weight excluding hydrogens is 252 g/mol. The fourth-order valence-electron chi connectivity index (χ4n) is 1.42. The lowest BCUT2D eigenvalue weighted by Gasteiger charge is -2.09. The number of hydrogen-bond donors (Lipinski definition) is 4. The molecule has 0 aliphatic heterocycles. The summed E-state index contributed by atoms with van der Waals surface area (Å²) in [5.74, 6) is -0.535. The minimum Gasteiger partial charge on any atom is -0.479 e. The first-order chi connectivity index (χ1) is 9.09. The van der Waals surface area contributed by atoms with Gasteiger partial charge in [-0.2, -0.15) is 0 Å². The molecule has 1 aliphatic rings. The lowest BCUT2D eigenvalue weighted by atomic mass is 10.2. The van der Waals surface area contributed by atoms with Gasteiger partial charge in [0.2, 0.25) is 0 Å². The number of rotatable bonds is 10. The Morgan fingerprint density at radius 1 is 1.26 bits per heavy atom. The second kappa shape index (κ2) is 8.71. The smallest absolute Gasteiger partial charge is 0.332 e. The minimum atomic E-state index is -1.43. The van der Waals surface area contributed by atoms with Gasteiger partial charge in [0.1, 0.15) is 0 Å². The molecule has 110 valence electrons. The van der Waals surface area contributed by atoms with E-state index < -0.39 is 12.1 Å². The van der Waals surface area contributed by atoms with Crippen LogP contribution < -0.4 is 10.6 Å². The molecule has 19 heavy (non-hydrogen) atoms. The van der Waals surface area contributed by atoms with Gasteiger partial charge >= 0.3 is 12.0 Å². The number of nitrogens with one attached hydrogen (secondary N) is 2. The standard InChI is InChI=1S/C12H22N2O5/c15-10(11(16)17)4-6-14-12(18)13-5-1-7-19-8-9-2-3-9/h9-10,15H,1-8H2,(H,16,17)(H2,13,14,18)/t10-/m0/s1. The van der Waals surface area contributed by atoms with Gasteiger partial charge in [0, 0.05) is 32.7 Å². The second-order valence-electron chi connectivity index (χ2n) is 4.70. The second-order valence-corrected chi connectivity index (χ2v) is 4.70. The van der Waals surface area contributed by atoms with Gasteiger partial charge in [-0.15, -0.1) is 0 Å². The van der Waals surface area contributed by atoms with E-state index in [1.54, 1.807) is 0 Å². The van der Waals surface area contributed by atoms with E-state index in [0.717, 1.165) is 18.9 Å². The van der Waals surface area contributed by atoms with Crippen LogP contribution in [0.3, 0.4) is 0 Å². The van der Waals surface area contributed by atoms with Crippen LogP contribution in [0, 0.1) is 5.92 Å². The molecule has 1 rings (SSSR count). The Balaban J connectivity index is 1.85. The van der Waals surface area contributed by atoms with E-state index in [9.17, 15) is 9.59 Å². The first-order valence-electron chi connectivity index (χ1n) is 6.60. The third-order valence-electron chi connectivity index (χ3n) is 2.79. The third-order valence-corrected chi connectivity index (χ3v) is 2.79. The van der Waals surface area contributed by atoms with E-state index in [1.165, 1.54) is 12.8 Å². The molecule has 0 unspecified atom stereocenters. The summed E-state index contributed by atoms with van der Waals surface area (Å²) in [6, 6.07) is -0.361. The van der Waals surface area contributed by atoms with Crippen LogP contribution in [0.15, 0.2) is 0 Å². The minimum absolute atomic E-state index is 0.00669. The molecule has 7 nitrogen and oxygen atoms in total. The number of hydrogen-bond acceptors (Lipinski definition) is 4. The highest BCUT2D eigenvalue weighted by molar-refractivity contribution is 5.74. The molecule has 1 fully saturated rings. The van der Waals surface area contributed by atoms with E-state index in [2.05, 4.69) is 10.6 Å². The monoisotopic (exact) mass is 274 g/mol. The molecule has 0 radical (unpaired) electrons. The van der Waals surface area contributed by atoms with E-state index in [1.807, 2.05) is 0 Å². The zero-order valence-corrected chi connectivity index (χ0v) is 10.9. The highest BCUT2D eigenvalue weighted by atomic mass is 16.5. The van der Waals surface area contributed by atoms with Crippen LogP contribution in [-0.4, -0.2) is 54.6 Å². The molecular formula is C12H22N2O5. The predicted molar refractivity (Wildman–Crippen MR) is 67.8 cm³/mol. The van der Waals surface area contributed by atoms with Gasteiger partial charge in [-0.25, -0.2) is 9.59 Å². The zero-order valence-electron chi connectivity index (χ0n) is 10.9. The summed E-state index contributed by atoms with van der Waals surface area (Å²) in [5.41, 5.74) is 0. The number of ether oxygens (including phenoxy) is 1. The fraction of sp³-hybridized carbons (Fsp3) is 0.833. The zero-order chi connectivity index (χ0) is 14.1. The summed E-state index contributed by atoms with van der Waals surface area (Å²) in [6.45, 7) is 2.09. The number of aliphatic hydroxyl groups is 1. The first kappa shape index (κ1) is 15.7. The van der Waals surface area contributed by atoms with Crippen molar-refractivity contribution in [1.29, 1.82) is 0 Å². The Morgan fingerprint density at radius 2 is 1.95 bits per heavy atom. The number of carboxylic acid groups (broad SMARTS) is 1. The molecule has 1 saturated carbocycles. The number of amides is 2. The molecule has 1 atom stereocenters. The fourth-order valence-corrected chi connectivity index (χ4v) is 1.42. The molecule has 0 spiro atoms. The van der Waals surface area contributed by atoms with Crippen LogP contribution in [-0.2, 0) is 9.53 Å². The molecule has 2 amide bonds. The van der Waals surface area contributed by atoms with E-state index in [-0.39, 0.29) is 19.0 Å². The SMILES string of the molecule is O=C(NCCCOCC1CC1)NCC[C@H](O)C(=O)O. The number of aliphatic hydroxyl groups excluding tert-OH is 1. The van der Waals surface area contributed by atoms with Gasteiger partial charge in [0.15, 0.2) is 6.10 Å². The van der Waals surface area contributed by atoms with Crippen molar-refractivity contribution in [2.24, 2.45) is 5.92 Å². The molecule has 0 aromatic carbocycles. The van der Waals surface area contributed by atoms with Crippen LogP contribution in [0.2, 0.25) is 0 Å². The molecule has 0 heterocycles. The van der Waals surface area contributed by atoms with Gasteiger partial charge in [0.25, 0.3) is 0 Å². The van der Waals surface area contributed by atoms with Gasteiger partial charge in [-0.05, 0) is 25.2 Å². The molecule has 0 aromatic heterocycles. The lowest BCUT2D eigenvalue weighted by molar-refractivity contribution is -0.146. The lowest BCUT2D eigenvalue weighted by Crippen LogP contribution is -2.38. The van der Waals surface area contributed by atoms with Crippen LogP contribution in [0.25, 0.3) is 0 Å². The molecule has 0 bridgehead atoms. The Bertz CT molecular complexity index is 294. The Morgan fingerprint density at radius 3 is 2.58 bits per heavy atom. The first-order valence-corrected chi connectivity index (χ1v) is 6.60. The molecule has 1 aliphatic carbocycles. The average Bonchev–Trinajstić information content (AvgIpc) is 3.17. The topological polar surface area (TPSA) is 108 Å². The summed E-state index contributed by atoms with van der Waals surface area (Å²) in [7, 11) is 0. The summed E-state index contributed by atoms with van der Waals surface area (Å²) in [5, 5.41) is 22.5. The number of carbonyl (C=O) groups is 2. The Hall–Kier alpha value is -1.34. The van der Waals surface area contributed by atoms with Crippen molar-refractivity contribution in [2.45, 2.75) is 31.8 Å². The highest BCUT2D eigenvalue weighted by Crippen LogP contribution is 2.28. The Kier molecular flexibility index (Phi) is 7.20. The van der Waals surface area contributed by atoms with Crippen LogP contribution in [0.5, 0.6) is 0 Å². The number of carbonyl (C=O) groups excluding carboxylic acids is 1. The third kappa shape index (κ3) is 8.39. The van der Waals surface area contributed by atoms with E-state index in [4.69, 9.17) is 14.9 Å².